The zero-order valence-corrected chi connectivity index (χ0v) is 14.9. The van der Waals surface area contributed by atoms with Gasteiger partial charge in [0.05, 0.1) is 6.61 Å². The van der Waals surface area contributed by atoms with E-state index in [2.05, 4.69) is 34.5 Å². The highest BCUT2D eigenvalue weighted by Crippen LogP contribution is 2.44. The number of alkyl halides is 1. The van der Waals surface area contributed by atoms with Crippen LogP contribution in [0.1, 0.15) is 37.3 Å². The fraction of sp³-hybridized carbons (Fsp3) is 0.700. The predicted molar refractivity (Wildman–Crippen MR) is 95.7 cm³/mol. The molecular formula is C20H29FN2O2. The van der Waals surface area contributed by atoms with Gasteiger partial charge in [-0.15, -0.1) is 0 Å². The van der Waals surface area contributed by atoms with Crippen LogP contribution in [-0.2, 0) is 4.74 Å². The second kappa shape index (κ2) is 7.60. The van der Waals surface area contributed by atoms with E-state index >= 15 is 0 Å². The lowest BCUT2D eigenvalue weighted by atomic mass is 9.80. The lowest BCUT2D eigenvalue weighted by Crippen LogP contribution is -2.52. The number of rotatable bonds is 5. The van der Waals surface area contributed by atoms with Gasteiger partial charge in [-0.1, -0.05) is 18.2 Å². The SMILES string of the molecule is FCCN1CCC2(CC1)CC(NCC1CCOC1)c1ccccc1O2. The van der Waals surface area contributed by atoms with E-state index in [1.165, 1.54) is 5.56 Å². The van der Waals surface area contributed by atoms with Crippen molar-refractivity contribution in [1.82, 2.24) is 10.2 Å². The van der Waals surface area contributed by atoms with Crippen LogP contribution >= 0.6 is 0 Å². The first-order valence-electron chi connectivity index (χ1n) is 9.65. The molecule has 0 saturated carbocycles. The molecule has 1 aromatic carbocycles. The van der Waals surface area contributed by atoms with Gasteiger partial charge in [0.15, 0.2) is 0 Å². The molecule has 0 aliphatic carbocycles. The first-order chi connectivity index (χ1) is 12.3. The van der Waals surface area contributed by atoms with E-state index in [4.69, 9.17) is 9.47 Å². The van der Waals surface area contributed by atoms with Gasteiger partial charge < -0.3 is 19.7 Å². The van der Waals surface area contributed by atoms with Crippen molar-refractivity contribution in [2.45, 2.75) is 37.3 Å². The molecule has 4 nitrogen and oxygen atoms in total. The highest BCUT2D eigenvalue weighted by atomic mass is 19.1. The van der Waals surface area contributed by atoms with Gasteiger partial charge in [-0.25, -0.2) is 4.39 Å². The van der Waals surface area contributed by atoms with Crippen molar-refractivity contribution in [3.05, 3.63) is 29.8 Å². The molecule has 138 valence electrons. The quantitative estimate of drug-likeness (QED) is 0.887. The normalized spacial score (nSPS) is 28.7. The minimum Gasteiger partial charge on any atom is -0.487 e. The maximum Gasteiger partial charge on any atom is 0.124 e. The molecule has 0 amide bonds. The molecule has 2 saturated heterocycles. The number of fused-ring (bicyclic) bond motifs is 1. The molecule has 1 N–H and O–H groups in total. The molecule has 0 aromatic heterocycles. The molecule has 3 aliphatic heterocycles. The fourth-order valence-corrected chi connectivity index (χ4v) is 4.46. The summed E-state index contributed by atoms with van der Waals surface area (Å²) in [4.78, 5) is 2.22. The predicted octanol–water partition coefficient (Wildman–Crippen LogP) is 2.94. The Balaban J connectivity index is 1.46. The van der Waals surface area contributed by atoms with Crippen LogP contribution in [0.15, 0.2) is 24.3 Å². The monoisotopic (exact) mass is 348 g/mol. The first-order valence-corrected chi connectivity index (χ1v) is 9.65. The summed E-state index contributed by atoms with van der Waals surface area (Å²) in [5.41, 5.74) is 1.17. The minimum atomic E-state index is -0.260. The van der Waals surface area contributed by atoms with Crippen LogP contribution < -0.4 is 10.1 Å². The van der Waals surface area contributed by atoms with E-state index in [0.29, 0.717) is 18.5 Å². The van der Waals surface area contributed by atoms with Gasteiger partial charge in [0, 0.05) is 50.8 Å². The fourth-order valence-electron chi connectivity index (χ4n) is 4.46. The number of ether oxygens (including phenoxy) is 2. The van der Waals surface area contributed by atoms with E-state index < -0.39 is 0 Å². The van der Waals surface area contributed by atoms with Gasteiger partial charge >= 0.3 is 0 Å². The van der Waals surface area contributed by atoms with Crippen molar-refractivity contribution in [3.8, 4) is 5.75 Å². The first kappa shape index (κ1) is 17.3. The summed E-state index contributed by atoms with van der Waals surface area (Å²) in [5.74, 6) is 1.64. The van der Waals surface area contributed by atoms with Gasteiger partial charge in [-0.3, -0.25) is 0 Å². The number of hydrogen-bond donors (Lipinski definition) is 1. The summed E-state index contributed by atoms with van der Waals surface area (Å²) >= 11 is 0. The van der Waals surface area contributed by atoms with Crippen molar-refractivity contribution < 1.29 is 13.9 Å². The third-order valence-corrected chi connectivity index (χ3v) is 6.04. The van der Waals surface area contributed by atoms with Crippen LogP contribution in [0.4, 0.5) is 4.39 Å². The largest absolute Gasteiger partial charge is 0.487 e. The highest BCUT2D eigenvalue weighted by Gasteiger charge is 2.43. The molecule has 1 spiro atoms. The third kappa shape index (κ3) is 3.83. The van der Waals surface area contributed by atoms with E-state index in [0.717, 1.165) is 64.3 Å². The number of para-hydroxylation sites is 1. The van der Waals surface area contributed by atoms with E-state index in [1.54, 1.807) is 0 Å². The molecule has 2 fully saturated rings. The summed E-state index contributed by atoms with van der Waals surface area (Å²) < 4.78 is 24.6. The zero-order chi connectivity index (χ0) is 17.1. The van der Waals surface area contributed by atoms with Crippen LogP contribution in [0, 0.1) is 5.92 Å². The van der Waals surface area contributed by atoms with Crippen molar-refractivity contribution in [2.75, 3.05) is 46.1 Å². The summed E-state index contributed by atoms with van der Waals surface area (Å²) in [6.45, 7) is 4.92. The van der Waals surface area contributed by atoms with Crippen LogP contribution in [0.3, 0.4) is 0 Å². The Morgan fingerprint density at radius 3 is 2.84 bits per heavy atom. The van der Waals surface area contributed by atoms with Crippen LogP contribution in [0.25, 0.3) is 0 Å². The number of likely N-dealkylation sites (tertiary alicyclic amines) is 1. The second-order valence-corrected chi connectivity index (χ2v) is 7.75. The minimum absolute atomic E-state index is 0.106. The number of halogens is 1. The summed E-state index contributed by atoms with van der Waals surface area (Å²) in [5, 5.41) is 3.79. The van der Waals surface area contributed by atoms with Crippen molar-refractivity contribution in [2.24, 2.45) is 5.92 Å². The standard InChI is InChI=1S/C20H29FN2O2/c21-8-11-23-9-6-20(7-10-23)13-18(22-14-16-5-12-24-15-16)17-3-1-2-4-19(17)25-20/h1-4,16,18,22H,5-15H2. The van der Waals surface area contributed by atoms with Crippen LogP contribution in [-0.4, -0.2) is 56.6 Å². The Bertz CT molecular complexity index is 569. The molecular weight excluding hydrogens is 319 g/mol. The number of nitrogens with zero attached hydrogens (tertiary/aromatic N) is 1. The van der Waals surface area contributed by atoms with E-state index in [9.17, 15) is 4.39 Å². The van der Waals surface area contributed by atoms with Gasteiger partial charge in [0.25, 0.3) is 0 Å². The molecule has 2 atom stereocenters. The highest BCUT2D eigenvalue weighted by molar-refractivity contribution is 5.39. The van der Waals surface area contributed by atoms with E-state index in [-0.39, 0.29) is 12.3 Å². The Kier molecular flexibility index (Phi) is 5.25. The van der Waals surface area contributed by atoms with Crippen molar-refractivity contribution >= 4 is 0 Å². The molecule has 0 bridgehead atoms. The maximum absolute atomic E-state index is 12.6. The zero-order valence-electron chi connectivity index (χ0n) is 14.9. The Hall–Kier alpha value is -1.17. The van der Waals surface area contributed by atoms with Gasteiger partial charge in [0.2, 0.25) is 0 Å². The van der Waals surface area contributed by atoms with Crippen molar-refractivity contribution in [3.63, 3.8) is 0 Å². The molecule has 0 radical (unpaired) electrons. The Morgan fingerprint density at radius 2 is 2.08 bits per heavy atom. The molecule has 25 heavy (non-hydrogen) atoms. The number of hydrogen-bond acceptors (Lipinski definition) is 4. The Labute approximate surface area is 149 Å². The summed E-state index contributed by atoms with van der Waals surface area (Å²) in [6, 6.07) is 8.76. The second-order valence-electron chi connectivity index (χ2n) is 7.75. The summed E-state index contributed by atoms with van der Waals surface area (Å²) in [6.07, 6.45) is 4.11. The maximum atomic E-state index is 12.6. The summed E-state index contributed by atoms with van der Waals surface area (Å²) in [7, 11) is 0. The van der Waals surface area contributed by atoms with E-state index in [1.807, 2.05) is 0 Å². The van der Waals surface area contributed by atoms with Crippen LogP contribution in [0.2, 0.25) is 0 Å². The number of benzene rings is 1. The van der Waals surface area contributed by atoms with Crippen molar-refractivity contribution in [1.29, 1.82) is 0 Å². The van der Waals surface area contributed by atoms with Gasteiger partial charge in [-0.2, -0.15) is 0 Å². The average Bonchev–Trinajstić information content (AvgIpc) is 3.16. The number of nitrogens with one attached hydrogen (secondary N) is 1. The van der Waals surface area contributed by atoms with Gasteiger partial charge in [0.1, 0.15) is 18.0 Å². The molecule has 3 heterocycles. The molecule has 5 heteroatoms. The molecule has 4 rings (SSSR count). The molecule has 2 unspecified atom stereocenters. The smallest absolute Gasteiger partial charge is 0.124 e. The topological polar surface area (TPSA) is 33.7 Å². The van der Waals surface area contributed by atoms with Crippen LogP contribution in [0.5, 0.6) is 5.75 Å². The number of piperidine rings is 1. The molecule has 3 aliphatic rings. The Morgan fingerprint density at radius 1 is 1.24 bits per heavy atom. The average molecular weight is 348 g/mol. The molecule has 1 aromatic rings. The van der Waals surface area contributed by atoms with Gasteiger partial charge in [-0.05, 0) is 31.2 Å². The lowest BCUT2D eigenvalue weighted by molar-refractivity contribution is -0.0264. The lowest BCUT2D eigenvalue weighted by Gasteiger charge is -2.47. The third-order valence-electron chi connectivity index (χ3n) is 6.04.